The molecule has 4 aromatic rings. The Balaban J connectivity index is 0.895. The number of hydrogen-bond donors (Lipinski definition) is 6. The number of H-pyrrole nitrogens is 1. The van der Waals surface area contributed by atoms with E-state index in [9.17, 15) is 29.7 Å². The average molecular weight is 801 g/mol. The molecule has 1 aliphatic carbocycles. The smallest absolute Gasteiger partial charge is 0.314 e. The van der Waals surface area contributed by atoms with E-state index in [0.29, 0.717) is 77.2 Å². The standard InChI is InChI=1S/C44H53ClN4O8/c1-56-38-22-39(35(45)21-29(38)23-46-24-37(51)31-10-12-36(50)42-32(31)11-13-40(52)48-42)57-26-41(53)47-17-5-7-27-6-4-8-30(20-27)44(43(54)55)16-3-2-9-34(44)33-25-49-18-14-28(33)15-19-49/h4,6,8,10-13,20-22,28,33-34,37,46,50-51H,2-3,5,7,9,14-19,23-26H2,1H3,(H,47,53)(H,48,52)(H,54,55)/t33?,34?,37-,44?/m0/s1. The van der Waals surface area contributed by atoms with Crippen LogP contribution in [0.2, 0.25) is 5.02 Å². The molecule has 0 radical (unpaired) electrons. The van der Waals surface area contributed by atoms with Crippen LogP contribution >= 0.6 is 11.6 Å². The quantitative estimate of drug-likeness (QED) is 0.0772. The van der Waals surface area contributed by atoms with Crippen molar-refractivity contribution in [3.63, 3.8) is 0 Å². The first-order chi connectivity index (χ1) is 27.6. The number of methoxy groups -OCH3 is 1. The first-order valence-electron chi connectivity index (χ1n) is 20.1. The Bertz CT molecular complexity index is 2140. The third-order valence-electron chi connectivity index (χ3n) is 12.6. The summed E-state index contributed by atoms with van der Waals surface area (Å²) in [5.74, 6) is 0.905. The zero-order chi connectivity index (χ0) is 40.1. The Morgan fingerprint density at radius 1 is 1.05 bits per heavy atom. The number of ether oxygens (including phenoxy) is 2. The van der Waals surface area contributed by atoms with E-state index in [4.69, 9.17) is 21.1 Å². The van der Waals surface area contributed by atoms with Crippen molar-refractivity contribution in [2.45, 2.75) is 69.4 Å². The minimum Gasteiger partial charge on any atom is -0.506 e. The van der Waals surface area contributed by atoms with E-state index >= 15 is 0 Å². The first kappa shape index (κ1) is 40.6. The summed E-state index contributed by atoms with van der Waals surface area (Å²) in [7, 11) is 1.52. The number of nitrogens with zero attached hydrogens (tertiary/aromatic N) is 1. The van der Waals surface area contributed by atoms with Crippen LogP contribution in [0.25, 0.3) is 10.9 Å². The summed E-state index contributed by atoms with van der Waals surface area (Å²) in [4.78, 5) is 42.9. The Morgan fingerprint density at radius 3 is 2.63 bits per heavy atom. The molecule has 4 heterocycles. The van der Waals surface area contributed by atoms with Gasteiger partial charge in [0.2, 0.25) is 5.56 Å². The molecule has 12 nitrogen and oxygen atoms in total. The van der Waals surface area contributed by atoms with E-state index in [2.05, 4.69) is 26.6 Å². The van der Waals surface area contributed by atoms with Gasteiger partial charge in [-0.3, -0.25) is 14.4 Å². The summed E-state index contributed by atoms with van der Waals surface area (Å²) in [6.07, 6.45) is 6.49. The number of hydrogen-bond acceptors (Lipinski definition) is 9. The molecule has 3 aromatic carbocycles. The number of halogens is 1. The number of rotatable bonds is 16. The molecule has 3 unspecified atom stereocenters. The average Bonchev–Trinajstić information content (AvgIpc) is 3.22. The first-order valence-corrected chi connectivity index (χ1v) is 20.5. The maximum Gasteiger partial charge on any atom is 0.314 e. The van der Waals surface area contributed by atoms with E-state index < -0.39 is 17.5 Å². The zero-order valence-electron chi connectivity index (χ0n) is 32.4. The molecule has 304 valence electrons. The van der Waals surface area contributed by atoms with Crippen LogP contribution in [-0.2, 0) is 28.0 Å². The van der Waals surface area contributed by atoms with Crippen LogP contribution in [-0.4, -0.2) is 83.5 Å². The number of aliphatic hydroxyl groups excluding tert-OH is 1. The fourth-order valence-corrected chi connectivity index (χ4v) is 9.97. The largest absolute Gasteiger partial charge is 0.506 e. The summed E-state index contributed by atoms with van der Waals surface area (Å²) in [5.41, 5.74) is 2.31. The lowest BCUT2D eigenvalue weighted by molar-refractivity contribution is -0.151. The highest BCUT2D eigenvalue weighted by molar-refractivity contribution is 6.32. The molecule has 1 saturated carbocycles. The number of carboxylic acids is 1. The zero-order valence-corrected chi connectivity index (χ0v) is 33.2. The number of carbonyl (C=O) groups is 2. The number of aryl methyl sites for hydroxylation is 1. The number of aliphatic carboxylic acids is 1. The van der Waals surface area contributed by atoms with E-state index in [1.807, 2.05) is 18.2 Å². The number of aromatic amines is 1. The second kappa shape index (κ2) is 17.9. The Morgan fingerprint density at radius 2 is 1.88 bits per heavy atom. The summed E-state index contributed by atoms with van der Waals surface area (Å²) in [5, 5.41) is 38.9. The predicted molar refractivity (Wildman–Crippen MR) is 218 cm³/mol. The van der Waals surface area contributed by atoms with Crippen LogP contribution in [0.4, 0.5) is 0 Å². The Hall–Kier alpha value is -4.62. The number of nitrogens with one attached hydrogen (secondary N) is 3. The number of piperidine rings is 3. The minimum absolute atomic E-state index is 0.0812. The van der Waals surface area contributed by atoms with Gasteiger partial charge in [0.15, 0.2) is 6.61 Å². The van der Waals surface area contributed by atoms with Gasteiger partial charge in [-0.1, -0.05) is 54.8 Å². The number of phenols is 1. The number of amides is 1. The molecule has 1 aromatic heterocycles. The number of carboxylic acid groups (broad SMARTS) is 1. The molecule has 57 heavy (non-hydrogen) atoms. The SMILES string of the molecule is COc1cc(OCC(=O)NCCCc2cccc(C3(C(=O)O)CCCCC3C3CN4CCC3CC4)c2)c(Cl)cc1CNC[C@H](O)c1ccc(O)c2[nH]c(=O)ccc12. The third-order valence-corrected chi connectivity index (χ3v) is 12.9. The van der Waals surface area contributed by atoms with Gasteiger partial charge in [0.05, 0.1) is 29.2 Å². The van der Waals surface area contributed by atoms with Gasteiger partial charge in [0.25, 0.3) is 5.91 Å². The fourth-order valence-electron chi connectivity index (χ4n) is 9.73. The molecule has 6 N–H and O–H groups in total. The molecule has 1 amide bonds. The number of fused-ring (bicyclic) bond motifs is 4. The van der Waals surface area contributed by atoms with Crippen LogP contribution < -0.4 is 25.7 Å². The highest BCUT2D eigenvalue weighted by atomic mass is 35.5. The highest BCUT2D eigenvalue weighted by Crippen LogP contribution is 2.52. The van der Waals surface area contributed by atoms with E-state index in [-0.39, 0.29) is 41.8 Å². The molecule has 13 heteroatoms. The summed E-state index contributed by atoms with van der Waals surface area (Å²) >= 11 is 6.55. The van der Waals surface area contributed by atoms with Crippen molar-refractivity contribution in [2.75, 3.05) is 46.4 Å². The molecule has 8 rings (SSSR count). The molecule has 4 fully saturated rings. The van der Waals surface area contributed by atoms with Crippen LogP contribution in [0.15, 0.2) is 65.5 Å². The van der Waals surface area contributed by atoms with E-state index in [0.717, 1.165) is 50.0 Å². The number of aliphatic hydroxyl groups is 1. The molecule has 0 spiro atoms. The number of carbonyl (C=O) groups excluding carboxylic acids is 1. The topological polar surface area (TPSA) is 173 Å². The van der Waals surface area contributed by atoms with Crippen molar-refractivity contribution in [3.8, 4) is 17.2 Å². The number of aromatic hydroxyl groups is 1. The molecule has 4 aliphatic rings. The Kier molecular flexibility index (Phi) is 12.7. The van der Waals surface area contributed by atoms with Crippen molar-refractivity contribution in [3.05, 3.63) is 98.3 Å². The van der Waals surface area contributed by atoms with E-state index in [1.165, 1.54) is 32.1 Å². The van der Waals surface area contributed by atoms with Gasteiger partial charge >= 0.3 is 5.97 Å². The van der Waals surface area contributed by atoms with Crippen molar-refractivity contribution in [2.24, 2.45) is 17.8 Å². The molecule has 3 saturated heterocycles. The highest BCUT2D eigenvalue weighted by Gasteiger charge is 2.54. The molecule has 4 atom stereocenters. The van der Waals surface area contributed by atoms with Crippen molar-refractivity contribution in [1.82, 2.24) is 20.5 Å². The van der Waals surface area contributed by atoms with Crippen LogP contribution in [0.5, 0.6) is 17.2 Å². The molecule has 2 bridgehead atoms. The van der Waals surface area contributed by atoms with Crippen molar-refractivity contribution < 1.29 is 34.4 Å². The van der Waals surface area contributed by atoms with E-state index in [1.54, 1.807) is 24.3 Å². The van der Waals surface area contributed by atoms with Gasteiger partial charge in [-0.2, -0.15) is 0 Å². The van der Waals surface area contributed by atoms with Gasteiger partial charge in [-0.05, 0) is 104 Å². The Labute approximate surface area is 337 Å². The molecule has 3 aliphatic heterocycles. The lowest BCUT2D eigenvalue weighted by Gasteiger charge is -2.53. The lowest BCUT2D eigenvalue weighted by atomic mass is 9.55. The molecular weight excluding hydrogens is 748 g/mol. The van der Waals surface area contributed by atoms with Gasteiger partial charge in [-0.25, -0.2) is 0 Å². The molecular formula is C44H53ClN4O8. The second-order valence-corrected chi connectivity index (χ2v) is 16.3. The number of benzene rings is 3. The number of phenolic OH excluding ortho intramolecular Hbond substituents is 1. The monoisotopic (exact) mass is 800 g/mol. The van der Waals surface area contributed by atoms with Crippen LogP contribution in [0.3, 0.4) is 0 Å². The third kappa shape index (κ3) is 8.79. The normalized spacial score (nSPS) is 23.6. The summed E-state index contributed by atoms with van der Waals surface area (Å²) < 4.78 is 11.3. The van der Waals surface area contributed by atoms with Gasteiger partial charge in [0, 0.05) is 49.3 Å². The lowest BCUT2D eigenvalue weighted by Crippen LogP contribution is -2.56. The number of pyridine rings is 1. The number of aromatic nitrogens is 1. The summed E-state index contributed by atoms with van der Waals surface area (Å²) in [6, 6.07) is 17.4. The predicted octanol–water partition coefficient (Wildman–Crippen LogP) is 5.70. The van der Waals surface area contributed by atoms with Crippen molar-refractivity contribution >= 4 is 34.4 Å². The van der Waals surface area contributed by atoms with Gasteiger partial charge < -0.3 is 45.3 Å². The maximum absolute atomic E-state index is 13.3. The summed E-state index contributed by atoms with van der Waals surface area (Å²) in [6.45, 7) is 3.96. The van der Waals surface area contributed by atoms with Gasteiger partial charge in [-0.15, -0.1) is 0 Å². The van der Waals surface area contributed by atoms with Gasteiger partial charge in [0.1, 0.15) is 17.2 Å². The second-order valence-electron chi connectivity index (χ2n) is 15.9. The minimum atomic E-state index is -0.940. The fraction of sp³-hybridized carbons (Fsp3) is 0.477. The van der Waals surface area contributed by atoms with Crippen LogP contribution in [0.1, 0.15) is 73.3 Å². The maximum atomic E-state index is 13.3. The van der Waals surface area contributed by atoms with Crippen molar-refractivity contribution in [1.29, 1.82) is 0 Å². The van der Waals surface area contributed by atoms with Crippen LogP contribution in [0, 0.1) is 17.8 Å².